The molecule has 0 radical (unpaired) electrons. The van der Waals surface area contributed by atoms with Crippen molar-refractivity contribution < 1.29 is 9.59 Å². The third-order valence-electron chi connectivity index (χ3n) is 4.42. The molecule has 1 unspecified atom stereocenters. The highest BCUT2D eigenvalue weighted by atomic mass is 16.2. The molecule has 0 spiro atoms. The number of hydrogen-bond acceptors (Lipinski definition) is 2. The number of hydrogen-bond donors (Lipinski definition) is 2. The largest absolute Gasteiger partial charge is 0.338 e. The molecular formula is C18H27N3O2. The van der Waals surface area contributed by atoms with Crippen LogP contribution in [-0.2, 0) is 4.79 Å². The van der Waals surface area contributed by atoms with Crippen LogP contribution in [0, 0.1) is 12.8 Å². The summed E-state index contributed by atoms with van der Waals surface area (Å²) in [4.78, 5) is 25.9. The maximum Gasteiger partial charge on any atom is 0.315 e. The van der Waals surface area contributed by atoms with Gasteiger partial charge in [0.25, 0.3) is 0 Å². The second-order valence-electron chi connectivity index (χ2n) is 6.28. The Morgan fingerprint density at radius 3 is 2.52 bits per heavy atom. The summed E-state index contributed by atoms with van der Waals surface area (Å²) < 4.78 is 0. The van der Waals surface area contributed by atoms with Gasteiger partial charge in [-0.2, -0.15) is 0 Å². The van der Waals surface area contributed by atoms with E-state index in [0.29, 0.717) is 19.5 Å². The van der Waals surface area contributed by atoms with Gasteiger partial charge < -0.3 is 15.5 Å². The molecule has 23 heavy (non-hydrogen) atoms. The van der Waals surface area contributed by atoms with Crippen molar-refractivity contribution in [2.24, 2.45) is 5.92 Å². The third kappa shape index (κ3) is 4.71. The summed E-state index contributed by atoms with van der Waals surface area (Å²) in [6.07, 6.45) is 2.33. The van der Waals surface area contributed by atoms with Gasteiger partial charge in [-0.05, 0) is 31.9 Å². The van der Waals surface area contributed by atoms with E-state index in [2.05, 4.69) is 24.5 Å². The molecule has 1 aliphatic heterocycles. The van der Waals surface area contributed by atoms with Gasteiger partial charge in [-0.25, -0.2) is 4.79 Å². The number of carbonyl (C=O) groups excluding carboxylic acids is 2. The zero-order valence-electron chi connectivity index (χ0n) is 14.3. The number of anilines is 1. The van der Waals surface area contributed by atoms with E-state index in [-0.39, 0.29) is 23.9 Å². The maximum absolute atomic E-state index is 12.2. The summed E-state index contributed by atoms with van der Waals surface area (Å²) in [7, 11) is 0. The Bertz CT molecular complexity index is 538. The smallest absolute Gasteiger partial charge is 0.315 e. The van der Waals surface area contributed by atoms with Crippen molar-refractivity contribution in [2.45, 2.75) is 46.1 Å². The number of nitrogens with one attached hydrogen (secondary N) is 2. The molecule has 1 aliphatic rings. The number of benzene rings is 1. The van der Waals surface area contributed by atoms with Crippen LogP contribution < -0.4 is 15.5 Å². The molecule has 126 valence electrons. The Morgan fingerprint density at radius 1 is 1.26 bits per heavy atom. The van der Waals surface area contributed by atoms with E-state index in [0.717, 1.165) is 18.5 Å². The molecule has 1 atom stereocenters. The summed E-state index contributed by atoms with van der Waals surface area (Å²) in [5, 5.41) is 5.85. The van der Waals surface area contributed by atoms with Crippen molar-refractivity contribution in [1.82, 2.24) is 10.6 Å². The number of amides is 3. The van der Waals surface area contributed by atoms with Crippen LogP contribution in [0.4, 0.5) is 10.5 Å². The Labute approximate surface area is 138 Å². The standard InChI is InChI=1S/C18H27N3O2/c1-4-15(5-2)20-18(23)19-11-14-10-17(22)21(12-14)16-8-6-13(3)7-9-16/h6-9,14-15H,4-5,10-12H2,1-3H3,(H2,19,20,23). The van der Waals surface area contributed by atoms with Crippen LogP contribution in [0.25, 0.3) is 0 Å². The fourth-order valence-electron chi connectivity index (χ4n) is 2.86. The molecule has 0 saturated carbocycles. The van der Waals surface area contributed by atoms with Crippen molar-refractivity contribution in [3.8, 4) is 0 Å². The molecule has 2 rings (SSSR count). The first-order valence-electron chi connectivity index (χ1n) is 8.44. The van der Waals surface area contributed by atoms with Crippen LogP contribution in [0.1, 0.15) is 38.7 Å². The van der Waals surface area contributed by atoms with Crippen LogP contribution >= 0.6 is 0 Å². The monoisotopic (exact) mass is 317 g/mol. The summed E-state index contributed by atoms with van der Waals surface area (Å²) >= 11 is 0. The lowest BCUT2D eigenvalue weighted by molar-refractivity contribution is -0.117. The number of carbonyl (C=O) groups is 2. The molecule has 1 saturated heterocycles. The predicted molar refractivity (Wildman–Crippen MR) is 92.5 cm³/mol. The average Bonchev–Trinajstić information content (AvgIpc) is 2.92. The van der Waals surface area contributed by atoms with Crippen molar-refractivity contribution in [3.63, 3.8) is 0 Å². The van der Waals surface area contributed by atoms with E-state index in [1.165, 1.54) is 5.56 Å². The van der Waals surface area contributed by atoms with Crippen molar-refractivity contribution >= 4 is 17.6 Å². The zero-order valence-corrected chi connectivity index (χ0v) is 14.3. The van der Waals surface area contributed by atoms with E-state index in [4.69, 9.17) is 0 Å². The van der Waals surface area contributed by atoms with Gasteiger partial charge in [0.2, 0.25) is 5.91 Å². The SMILES string of the molecule is CCC(CC)NC(=O)NCC1CC(=O)N(c2ccc(C)cc2)C1. The number of aryl methyl sites for hydroxylation is 1. The quantitative estimate of drug-likeness (QED) is 0.847. The molecule has 1 fully saturated rings. The summed E-state index contributed by atoms with van der Waals surface area (Å²) in [6.45, 7) is 7.33. The second kappa shape index (κ2) is 7.99. The van der Waals surface area contributed by atoms with Crippen LogP contribution in [0.2, 0.25) is 0 Å². The third-order valence-corrected chi connectivity index (χ3v) is 4.42. The Kier molecular flexibility index (Phi) is 6.02. The average molecular weight is 317 g/mol. The Balaban J connectivity index is 1.83. The number of rotatable bonds is 6. The van der Waals surface area contributed by atoms with E-state index >= 15 is 0 Å². The van der Waals surface area contributed by atoms with Gasteiger partial charge in [-0.15, -0.1) is 0 Å². The fraction of sp³-hybridized carbons (Fsp3) is 0.556. The van der Waals surface area contributed by atoms with Gasteiger partial charge in [0.05, 0.1) is 0 Å². The van der Waals surface area contributed by atoms with Gasteiger partial charge in [-0.3, -0.25) is 4.79 Å². The molecule has 1 aromatic carbocycles. The predicted octanol–water partition coefficient (Wildman–Crippen LogP) is 2.84. The molecule has 1 aromatic rings. The number of urea groups is 1. The van der Waals surface area contributed by atoms with Crippen molar-refractivity contribution in [1.29, 1.82) is 0 Å². The van der Waals surface area contributed by atoms with Gasteiger partial charge in [0, 0.05) is 37.2 Å². The fourth-order valence-corrected chi connectivity index (χ4v) is 2.86. The number of nitrogens with zero attached hydrogens (tertiary/aromatic N) is 1. The minimum absolute atomic E-state index is 0.126. The lowest BCUT2D eigenvalue weighted by Gasteiger charge is -2.18. The van der Waals surface area contributed by atoms with Crippen LogP contribution in [-0.4, -0.2) is 31.1 Å². The molecule has 5 nitrogen and oxygen atoms in total. The van der Waals surface area contributed by atoms with E-state index in [9.17, 15) is 9.59 Å². The minimum atomic E-state index is -0.139. The van der Waals surface area contributed by atoms with Gasteiger partial charge >= 0.3 is 6.03 Å². The Hall–Kier alpha value is -2.04. The summed E-state index contributed by atoms with van der Waals surface area (Å²) in [6, 6.07) is 8.05. The molecule has 3 amide bonds. The summed E-state index contributed by atoms with van der Waals surface area (Å²) in [5.41, 5.74) is 2.11. The first kappa shape index (κ1) is 17.3. The molecule has 2 N–H and O–H groups in total. The highest BCUT2D eigenvalue weighted by Gasteiger charge is 2.30. The minimum Gasteiger partial charge on any atom is -0.338 e. The second-order valence-corrected chi connectivity index (χ2v) is 6.28. The van der Waals surface area contributed by atoms with Gasteiger partial charge in [0.15, 0.2) is 0 Å². The molecule has 0 bridgehead atoms. The lowest BCUT2D eigenvalue weighted by Crippen LogP contribution is -2.43. The Morgan fingerprint density at radius 2 is 1.91 bits per heavy atom. The van der Waals surface area contributed by atoms with Crippen LogP contribution in [0.5, 0.6) is 0 Å². The molecule has 0 aliphatic carbocycles. The van der Waals surface area contributed by atoms with Gasteiger partial charge in [0.1, 0.15) is 0 Å². The van der Waals surface area contributed by atoms with E-state index in [1.807, 2.05) is 36.1 Å². The molecular weight excluding hydrogens is 290 g/mol. The topological polar surface area (TPSA) is 61.4 Å². The molecule has 0 aromatic heterocycles. The highest BCUT2D eigenvalue weighted by Crippen LogP contribution is 2.24. The van der Waals surface area contributed by atoms with Gasteiger partial charge in [-0.1, -0.05) is 31.5 Å². The zero-order chi connectivity index (χ0) is 16.8. The first-order valence-corrected chi connectivity index (χ1v) is 8.44. The summed E-state index contributed by atoms with van der Waals surface area (Å²) in [5.74, 6) is 0.289. The van der Waals surface area contributed by atoms with E-state index < -0.39 is 0 Å². The van der Waals surface area contributed by atoms with Crippen molar-refractivity contribution in [3.05, 3.63) is 29.8 Å². The highest BCUT2D eigenvalue weighted by molar-refractivity contribution is 5.95. The van der Waals surface area contributed by atoms with Crippen LogP contribution in [0.3, 0.4) is 0 Å². The van der Waals surface area contributed by atoms with Crippen LogP contribution in [0.15, 0.2) is 24.3 Å². The normalized spacial score (nSPS) is 17.7. The molecule has 5 heteroatoms. The lowest BCUT2D eigenvalue weighted by atomic mass is 10.1. The molecule has 1 heterocycles. The van der Waals surface area contributed by atoms with E-state index in [1.54, 1.807) is 0 Å². The van der Waals surface area contributed by atoms with Crippen molar-refractivity contribution in [2.75, 3.05) is 18.0 Å². The first-order chi connectivity index (χ1) is 11.0. The maximum atomic E-state index is 12.2.